The Balaban J connectivity index is 2.35. The van der Waals surface area contributed by atoms with E-state index >= 15 is 0 Å². The van der Waals surface area contributed by atoms with Gasteiger partial charge in [0.2, 0.25) is 5.91 Å². The number of aldehydes is 1. The summed E-state index contributed by atoms with van der Waals surface area (Å²) in [5, 5.41) is 0. The van der Waals surface area contributed by atoms with E-state index in [4.69, 9.17) is 4.74 Å². The molecule has 0 atom stereocenters. The number of morpholine rings is 1. The van der Waals surface area contributed by atoms with Crippen molar-refractivity contribution >= 4 is 12.2 Å². The molecule has 0 aromatic carbocycles. The summed E-state index contributed by atoms with van der Waals surface area (Å²) in [6.07, 6.45) is 9.86. The third-order valence-corrected chi connectivity index (χ3v) is 3.13. The van der Waals surface area contributed by atoms with Gasteiger partial charge in [-0.15, -0.1) is 0 Å². The summed E-state index contributed by atoms with van der Waals surface area (Å²) in [7, 11) is 0. The second kappa shape index (κ2) is 9.26. The highest BCUT2D eigenvalue weighted by Gasteiger charge is 2.13. The Hall–Kier alpha value is -1.68. The summed E-state index contributed by atoms with van der Waals surface area (Å²) in [6, 6.07) is 0. The van der Waals surface area contributed by atoms with E-state index in [1.807, 2.05) is 19.1 Å². The van der Waals surface area contributed by atoms with Crippen molar-refractivity contribution in [1.82, 2.24) is 4.90 Å². The first-order chi connectivity index (χ1) is 9.63. The van der Waals surface area contributed by atoms with Crippen molar-refractivity contribution in [3.05, 3.63) is 35.5 Å². The van der Waals surface area contributed by atoms with Gasteiger partial charge in [-0.05, 0) is 32.3 Å². The van der Waals surface area contributed by atoms with E-state index in [1.54, 1.807) is 24.0 Å². The fourth-order valence-electron chi connectivity index (χ4n) is 1.84. The van der Waals surface area contributed by atoms with Crippen LogP contribution in [0.2, 0.25) is 0 Å². The number of rotatable bonds is 6. The average Bonchev–Trinajstić information content (AvgIpc) is 2.47. The number of ether oxygens (including phenoxy) is 1. The van der Waals surface area contributed by atoms with Gasteiger partial charge in [-0.25, -0.2) is 0 Å². The van der Waals surface area contributed by atoms with Gasteiger partial charge in [-0.3, -0.25) is 9.59 Å². The second-order valence-electron chi connectivity index (χ2n) is 4.91. The number of hydrogen-bond acceptors (Lipinski definition) is 3. The van der Waals surface area contributed by atoms with E-state index < -0.39 is 0 Å². The molecule has 0 radical (unpaired) electrons. The molecule has 0 saturated carbocycles. The molecule has 110 valence electrons. The van der Waals surface area contributed by atoms with Crippen LogP contribution in [0.5, 0.6) is 0 Å². The van der Waals surface area contributed by atoms with Gasteiger partial charge in [-0.2, -0.15) is 0 Å². The molecular formula is C16H23NO3. The minimum absolute atomic E-state index is 0.0362. The third kappa shape index (κ3) is 6.48. The lowest BCUT2D eigenvalue weighted by atomic mass is 10.1. The van der Waals surface area contributed by atoms with Crippen LogP contribution in [0.4, 0.5) is 0 Å². The van der Waals surface area contributed by atoms with Crippen LogP contribution in [0.15, 0.2) is 35.5 Å². The molecule has 0 spiro atoms. The Kier molecular flexibility index (Phi) is 7.58. The number of carbonyl (C=O) groups is 2. The van der Waals surface area contributed by atoms with Crippen LogP contribution < -0.4 is 0 Å². The summed E-state index contributed by atoms with van der Waals surface area (Å²) in [4.78, 5) is 24.1. The van der Waals surface area contributed by atoms with Crippen molar-refractivity contribution < 1.29 is 14.3 Å². The zero-order chi connectivity index (χ0) is 14.8. The first-order valence-corrected chi connectivity index (χ1v) is 6.96. The maximum Gasteiger partial charge on any atom is 0.246 e. The van der Waals surface area contributed by atoms with Gasteiger partial charge < -0.3 is 9.64 Å². The molecule has 0 aromatic heterocycles. The van der Waals surface area contributed by atoms with Gasteiger partial charge in [0.1, 0.15) is 6.29 Å². The van der Waals surface area contributed by atoms with Crippen LogP contribution in [0.3, 0.4) is 0 Å². The predicted octanol–water partition coefficient (Wildman–Crippen LogP) is 2.27. The van der Waals surface area contributed by atoms with Crippen LogP contribution >= 0.6 is 0 Å². The predicted molar refractivity (Wildman–Crippen MR) is 79.4 cm³/mol. The van der Waals surface area contributed by atoms with E-state index in [1.165, 1.54) is 5.57 Å². The maximum atomic E-state index is 11.8. The molecule has 1 rings (SSSR count). The van der Waals surface area contributed by atoms with Crippen LogP contribution in [0, 0.1) is 0 Å². The zero-order valence-corrected chi connectivity index (χ0v) is 12.3. The fourth-order valence-corrected chi connectivity index (χ4v) is 1.84. The van der Waals surface area contributed by atoms with E-state index in [0.29, 0.717) is 26.3 Å². The lowest BCUT2D eigenvalue weighted by Gasteiger charge is -2.25. The number of nitrogens with zero attached hydrogens (tertiary/aromatic N) is 1. The number of carbonyl (C=O) groups excluding carboxylic acids is 2. The van der Waals surface area contributed by atoms with Crippen LogP contribution in [-0.4, -0.2) is 43.4 Å². The van der Waals surface area contributed by atoms with Gasteiger partial charge in [0.05, 0.1) is 13.2 Å². The molecule has 0 bridgehead atoms. The second-order valence-corrected chi connectivity index (χ2v) is 4.91. The highest BCUT2D eigenvalue weighted by Crippen LogP contribution is 2.06. The average molecular weight is 277 g/mol. The van der Waals surface area contributed by atoms with Crippen molar-refractivity contribution in [3.63, 3.8) is 0 Å². The number of amides is 1. The molecule has 4 heteroatoms. The van der Waals surface area contributed by atoms with Gasteiger partial charge in [0.25, 0.3) is 0 Å². The molecule has 0 N–H and O–H groups in total. The Morgan fingerprint density at radius 3 is 2.60 bits per heavy atom. The molecule has 0 aromatic rings. The van der Waals surface area contributed by atoms with Crippen molar-refractivity contribution in [2.75, 3.05) is 26.3 Å². The molecule has 0 aliphatic carbocycles. The quantitative estimate of drug-likeness (QED) is 0.425. The molecule has 1 saturated heterocycles. The summed E-state index contributed by atoms with van der Waals surface area (Å²) in [6.45, 7) is 6.40. The normalized spacial score (nSPS) is 17.6. The molecule has 0 unspecified atom stereocenters. The molecule has 1 aliphatic heterocycles. The highest BCUT2D eigenvalue weighted by atomic mass is 16.5. The first-order valence-electron chi connectivity index (χ1n) is 6.96. The third-order valence-electron chi connectivity index (χ3n) is 3.13. The lowest BCUT2D eigenvalue weighted by molar-refractivity contribution is -0.129. The van der Waals surface area contributed by atoms with Crippen molar-refractivity contribution in [2.45, 2.75) is 26.7 Å². The minimum Gasteiger partial charge on any atom is -0.378 e. The standard InChI is InChI=1S/C16H23NO3/c1-14(5-3-7-15(2)13-18)6-4-8-16(19)17-9-11-20-12-10-17/h4,6-8,13H,3,5,9-12H2,1-2H3/b8-4+,14-6+,15-7+. The topological polar surface area (TPSA) is 46.6 Å². The molecule has 20 heavy (non-hydrogen) atoms. The van der Waals surface area contributed by atoms with Gasteiger partial charge in [-0.1, -0.05) is 23.8 Å². The van der Waals surface area contributed by atoms with Crippen LogP contribution in [0.1, 0.15) is 26.7 Å². The largest absolute Gasteiger partial charge is 0.378 e. The first kappa shape index (κ1) is 16.4. The highest BCUT2D eigenvalue weighted by molar-refractivity contribution is 5.87. The monoisotopic (exact) mass is 277 g/mol. The number of hydrogen-bond donors (Lipinski definition) is 0. The summed E-state index contributed by atoms with van der Waals surface area (Å²) >= 11 is 0. The van der Waals surface area contributed by atoms with E-state index in [-0.39, 0.29) is 5.91 Å². The SMILES string of the molecule is C/C(C=O)=C\CC/C(C)=C/C=C/C(=O)N1CCOCC1. The molecule has 1 heterocycles. The minimum atomic E-state index is 0.0362. The fraction of sp³-hybridized carbons (Fsp3) is 0.500. The molecule has 4 nitrogen and oxygen atoms in total. The maximum absolute atomic E-state index is 11.8. The smallest absolute Gasteiger partial charge is 0.246 e. The van der Waals surface area contributed by atoms with Crippen LogP contribution in [0.25, 0.3) is 0 Å². The molecule has 1 fully saturated rings. The summed E-state index contributed by atoms with van der Waals surface area (Å²) in [5.41, 5.74) is 1.95. The molecule has 1 amide bonds. The van der Waals surface area contributed by atoms with Gasteiger partial charge >= 0.3 is 0 Å². The van der Waals surface area contributed by atoms with Gasteiger partial charge in [0, 0.05) is 19.2 Å². The van der Waals surface area contributed by atoms with Gasteiger partial charge in [0.15, 0.2) is 0 Å². The van der Waals surface area contributed by atoms with Crippen molar-refractivity contribution in [2.24, 2.45) is 0 Å². The Bertz CT molecular complexity index is 415. The zero-order valence-electron chi connectivity index (χ0n) is 12.3. The lowest BCUT2D eigenvalue weighted by Crippen LogP contribution is -2.39. The van der Waals surface area contributed by atoms with E-state index in [2.05, 4.69) is 0 Å². The number of allylic oxidation sites excluding steroid dienone is 5. The van der Waals surface area contributed by atoms with Crippen molar-refractivity contribution in [3.8, 4) is 0 Å². The Labute approximate surface area is 120 Å². The van der Waals surface area contributed by atoms with E-state index in [9.17, 15) is 9.59 Å². The van der Waals surface area contributed by atoms with Crippen LogP contribution in [-0.2, 0) is 14.3 Å². The van der Waals surface area contributed by atoms with Crippen molar-refractivity contribution in [1.29, 1.82) is 0 Å². The van der Waals surface area contributed by atoms with E-state index in [0.717, 1.165) is 24.7 Å². The summed E-state index contributed by atoms with van der Waals surface area (Å²) in [5.74, 6) is 0.0362. The Morgan fingerprint density at radius 1 is 1.25 bits per heavy atom. The Morgan fingerprint density at radius 2 is 1.95 bits per heavy atom. The molecular weight excluding hydrogens is 254 g/mol. The summed E-state index contributed by atoms with van der Waals surface area (Å²) < 4.78 is 5.21. The molecule has 1 aliphatic rings.